The number of hydrogen-bond donors (Lipinski definition) is 1. The molecule has 1 atom stereocenters. The highest BCUT2D eigenvalue weighted by Gasteiger charge is 2.25. The number of ketones is 1. The molecule has 1 saturated heterocycles. The van der Waals surface area contributed by atoms with Gasteiger partial charge in [-0.05, 0) is 19.1 Å². The number of carbonyl (C=O) groups excluding carboxylic acids is 1. The van der Waals surface area contributed by atoms with E-state index in [1.54, 1.807) is 7.11 Å². The highest BCUT2D eigenvalue weighted by Crippen LogP contribution is 2.20. The van der Waals surface area contributed by atoms with Crippen LogP contribution in [0.25, 0.3) is 0 Å². The number of para-hydroxylation sites is 1. The Balaban J connectivity index is 2.14. The minimum atomic E-state index is -0.0941. The molecule has 98 valence electrons. The first-order valence-electron chi connectivity index (χ1n) is 6.36. The molecule has 1 unspecified atom stereocenters. The van der Waals surface area contributed by atoms with Crippen molar-refractivity contribution in [2.45, 2.75) is 13.0 Å². The highest BCUT2D eigenvalue weighted by atomic mass is 16.5. The molecule has 4 heteroatoms. The lowest BCUT2D eigenvalue weighted by Crippen LogP contribution is -2.50. The van der Waals surface area contributed by atoms with Crippen LogP contribution in [0.5, 0.6) is 5.75 Å². The molecule has 1 N–H and O–H groups in total. The van der Waals surface area contributed by atoms with E-state index in [4.69, 9.17) is 4.74 Å². The lowest BCUT2D eigenvalue weighted by Gasteiger charge is -2.32. The fourth-order valence-corrected chi connectivity index (χ4v) is 2.31. The summed E-state index contributed by atoms with van der Waals surface area (Å²) >= 11 is 0. The van der Waals surface area contributed by atoms with E-state index in [1.807, 2.05) is 31.2 Å². The van der Waals surface area contributed by atoms with Gasteiger partial charge in [0.1, 0.15) is 5.75 Å². The Bertz CT molecular complexity index is 414. The minimum absolute atomic E-state index is 0.0941. The Morgan fingerprint density at radius 2 is 2.00 bits per heavy atom. The average molecular weight is 248 g/mol. The van der Waals surface area contributed by atoms with E-state index in [0.717, 1.165) is 26.2 Å². The summed E-state index contributed by atoms with van der Waals surface area (Å²) in [4.78, 5) is 14.7. The van der Waals surface area contributed by atoms with Crippen LogP contribution in [-0.4, -0.2) is 50.0 Å². The van der Waals surface area contributed by atoms with Gasteiger partial charge in [0.15, 0.2) is 5.78 Å². The smallest absolute Gasteiger partial charge is 0.183 e. The van der Waals surface area contributed by atoms with Gasteiger partial charge in [0, 0.05) is 26.2 Å². The van der Waals surface area contributed by atoms with Crippen molar-refractivity contribution >= 4 is 5.78 Å². The number of nitrogens with one attached hydrogen (secondary N) is 1. The molecular weight excluding hydrogens is 228 g/mol. The fraction of sp³-hybridized carbons (Fsp3) is 0.500. The number of nitrogens with zero attached hydrogens (tertiary/aromatic N) is 1. The molecule has 2 rings (SSSR count). The Kier molecular flexibility index (Phi) is 4.33. The van der Waals surface area contributed by atoms with E-state index in [1.165, 1.54) is 0 Å². The first kappa shape index (κ1) is 13.1. The average Bonchev–Trinajstić information content (AvgIpc) is 2.46. The van der Waals surface area contributed by atoms with E-state index in [2.05, 4.69) is 10.2 Å². The normalized spacial score (nSPS) is 18.3. The third kappa shape index (κ3) is 2.71. The van der Waals surface area contributed by atoms with Crippen LogP contribution in [0.2, 0.25) is 0 Å². The zero-order valence-corrected chi connectivity index (χ0v) is 11.0. The van der Waals surface area contributed by atoms with Crippen LogP contribution in [-0.2, 0) is 0 Å². The van der Waals surface area contributed by atoms with Gasteiger partial charge in [-0.25, -0.2) is 0 Å². The van der Waals surface area contributed by atoms with E-state index < -0.39 is 0 Å². The van der Waals surface area contributed by atoms with Crippen LogP contribution >= 0.6 is 0 Å². The molecule has 0 aromatic heterocycles. The van der Waals surface area contributed by atoms with E-state index in [-0.39, 0.29) is 11.8 Å². The number of hydrogen-bond acceptors (Lipinski definition) is 4. The van der Waals surface area contributed by atoms with Gasteiger partial charge < -0.3 is 10.1 Å². The van der Waals surface area contributed by atoms with Crippen LogP contribution in [0, 0.1) is 0 Å². The fourth-order valence-electron chi connectivity index (χ4n) is 2.31. The largest absolute Gasteiger partial charge is 0.496 e. The summed E-state index contributed by atoms with van der Waals surface area (Å²) in [5.74, 6) is 0.791. The van der Waals surface area contributed by atoms with Gasteiger partial charge in [-0.2, -0.15) is 0 Å². The van der Waals surface area contributed by atoms with E-state index >= 15 is 0 Å². The molecular formula is C14H20N2O2. The first-order chi connectivity index (χ1) is 8.74. The van der Waals surface area contributed by atoms with E-state index in [9.17, 15) is 4.79 Å². The SMILES string of the molecule is COc1ccccc1C(=O)C(C)N1CCNCC1. The second-order valence-electron chi connectivity index (χ2n) is 4.53. The van der Waals surface area contributed by atoms with Crippen molar-refractivity contribution < 1.29 is 9.53 Å². The first-order valence-corrected chi connectivity index (χ1v) is 6.36. The van der Waals surface area contributed by atoms with Crippen molar-refractivity contribution in [2.24, 2.45) is 0 Å². The van der Waals surface area contributed by atoms with Crippen molar-refractivity contribution in [3.63, 3.8) is 0 Å². The monoisotopic (exact) mass is 248 g/mol. The van der Waals surface area contributed by atoms with Crippen molar-refractivity contribution in [3.8, 4) is 5.75 Å². The number of methoxy groups -OCH3 is 1. The van der Waals surface area contributed by atoms with Gasteiger partial charge in [-0.15, -0.1) is 0 Å². The van der Waals surface area contributed by atoms with Crippen molar-refractivity contribution in [1.29, 1.82) is 0 Å². The minimum Gasteiger partial charge on any atom is -0.496 e. The predicted octanol–water partition coefficient (Wildman–Crippen LogP) is 1.17. The van der Waals surface area contributed by atoms with E-state index in [0.29, 0.717) is 11.3 Å². The Hall–Kier alpha value is -1.39. The lowest BCUT2D eigenvalue weighted by atomic mass is 10.0. The van der Waals surface area contributed by atoms with Crippen LogP contribution < -0.4 is 10.1 Å². The maximum absolute atomic E-state index is 12.5. The van der Waals surface area contributed by atoms with Crippen LogP contribution in [0.15, 0.2) is 24.3 Å². The van der Waals surface area contributed by atoms with Crippen molar-refractivity contribution in [1.82, 2.24) is 10.2 Å². The number of rotatable bonds is 4. The molecule has 0 amide bonds. The third-order valence-electron chi connectivity index (χ3n) is 3.45. The third-order valence-corrected chi connectivity index (χ3v) is 3.45. The van der Waals surface area contributed by atoms with Gasteiger partial charge in [0.2, 0.25) is 0 Å². The van der Waals surface area contributed by atoms with Gasteiger partial charge in [0.05, 0.1) is 18.7 Å². The lowest BCUT2D eigenvalue weighted by molar-refractivity contribution is 0.0817. The molecule has 0 radical (unpaired) electrons. The summed E-state index contributed by atoms with van der Waals surface area (Å²) in [6, 6.07) is 7.33. The predicted molar refractivity (Wildman–Crippen MR) is 71.2 cm³/mol. The molecule has 1 aromatic carbocycles. The molecule has 1 aliphatic rings. The second kappa shape index (κ2) is 5.98. The number of carbonyl (C=O) groups is 1. The molecule has 0 saturated carbocycles. The van der Waals surface area contributed by atoms with Crippen LogP contribution in [0.4, 0.5) is 0 Å². The standard InChI is InChI=1S/C14H20N2O2/c1-11(16-9-7-15-8-10-16)14(17)12-5-3-4-6-13(12)18-2/h3-6,11,15H,7-10H2,1-2H3. The van der Waals surface area contributed by atoms with Crippen LogP contribution in [0.3, 0.4) is 0 Å². The zero-order chi connectivity index (χ0) is 13.0. The van der Waals surface area contributed by atoms with Gasteiger partial charge >= 0.3 is 0 Å². The molecule has 0 aliphatic carbocycles. The number of ether oxygens (including phenoxy) is 1. The zero-order valence-electron chi connectivity index (χ0n) is 11.0. The van der Waals surface area contributed by atoms with Gasteiger partial charge in [-0.1, -0.05) is 12.1 Å². The Morgan fingerprint density at radius 1 is 1.33 bits per heavy atom. The van der Waals surface area contributed by atoms with Gasteiger partial charge in [0.25, 0.3) is 0 Å². The molecule has 1 aliphatic heterocycles. The molecule has 4 nitrogen and oxygen atoms in total. The molecule has 1 fully saturated rings. The quantitative estimate of drug-likeness (QED) is 0.812. The molecule has 1 heterocycles. The number of Topliss-reactive ketones (excluding diaryl/α,β-unsaturated/α-hetero) is 1. The molecule has 18 heavy (non-hydrogen) atoms. The maximum Gasteiger partial charge on any atom is 0.183 e. The second-order valence-corrected chi connectivity index (χ2v) is 4.53. The number of benzene rings is 1. The summed E-state index contributed by atoms with van der Waals surface area (Å²) in [7, 11) is 1.60. The Morgan fingerprint density at radius 3 is 2.67 bits per heavy atom. The highest BCUT2D eigenvalue weighted by molar-refractivity contribution is 6.02. The number of piperazine rings is 1. The van der Waals surface area contributed by atoms with Crippen molar-refractivity contribution in [3.05, 3.63) is 29.8 Å². The molecule has 1 aromatic rings. The van der Waals surface area contributed by atoms with Crippen LogP contribution in [0.1, 0.15) is 17.3 Å². The topological polar surface area (TPSA) is 41.6 Å². The molecule has 0 spiro atoms. The summed E-state index contributed by atoms with van der Waals surface area (Å²) in [5, 5.41) is 3.29. The van der Waals surface area contributed by atoms with Crippen molar-refractivity contribution in [2.75, 3.05) is 33.3 Å². The molecule has 0 bridgehead atoms. The maximum atomic E-state index is 12.5. The van der Waals surface area contributed by atoms with Gasteiger partial charge in [-0.3, -0.25) is 9.69 Å². The Labute approximate surface area is 108 Å². The summed E-state index contributed by atoms with van der Waals surface area (Å²) in [6.45, 7) is 5.71. The summed E-state index contributed by atoms with van der Waals surface area (Å²) < 4.78 is 5.25. The summed E-state index contributed by atoms with van der Waals surface area (Å²) in [5.41, 5.74) is 0.672. The summed E-state index contributed by atoms with van der Waals surface area (Å²) in [6.07, 6.45) is 0.